The maximum Gasteiger partial charge on any atom is 0.236 e. The maximum atomic E-state index is 12.2. The van der Waals surface area contributed by atoms with Crippen molar-refractivity contribution in [3.05, 3.63) is 0 Å². The lowest BCUT2D eigenvalue weighted by molar-refractivity contribution is -0.133. The Kier molecular flexibility index (Phi) is 11.7. The van der Waals surface area contributed by atoms with Gasteiger partial charge >= 0.3 is 0 Å². The molecule has 0 unspecified atom stereocenters. The van der Waals surface area contributed by atoms with Crippen molar-refractivity contribution in [2.75, 3.05) is 47.3 Å². The van der Waals surface area contributed by atoms with Gasteiger partial charge < -0.3 is 9.80 Å². The Hall–Kier alpha value is -1.10. The van der Waals surface area contributed by atoms with Crippen LogP contribution in [0.25, 0.3) is 0 Å². The third kappa shape index (κ3) is 11.4. The molecule has 142 valence electrons. The third-order valence-electron chi connectivity index (χ3n) is 4.21. The van der Waals surface area contributed by atoms with Crippen molar-refractivity contribution in [2.45, 2.75) is 53.4 Å². The molecule has 0 radical (unpaired) electrons. The Labute approximate surface area is 149 Å². The van der Waals surface area contributed by atoms with Crippen LogP contribution < -0.4 is 0 Å². The van der Waals surface area contributed by atoms with Crippen LogP contribution in [0.2, 0.25) is 0 Å². The van der Waals surface area contributed by atoms with Crippen LogP contribution in [0.5, 0.6) is 0 Å². The van der Waals surface area contributed by atoms with E-state index in [0.717, 1.165) is 38.8 Å². The van der Waals surface area contributed by atoms with Gasteiger partial charge in [-0.25, -0.2) is 0 Å². The van der Waals surface area contributed by atoms with Gasteiger partial charge in [0.15, 0.2) is 0 Å². The van der Waals surface area contributed by atoms with Crippen molar-refractivity contribution in [3.63, 3.8) is 0 Å². The summed E-state index contributed by atoms with van der Waals surface area (Å²) in [7, 11) is 5.52. The van der Waals surface area contributed by atoms with Gasteiger partial charge in [-0.1, -0.05) is 27.7 Å². The van der Waals surface area contributed by atoms with Crippen LogP contribution in [0.15, 0.2) is 0 Å². The summed E-state index contributed by atoms with van der Waals surface area (Å²) in [5.74, 6) is 1.49. The number of carbonyl (C=O) groups excluding carboxylic acids is 2. The fourth-order valence-electron chi connectivity index (χ4n) is 2.48. The molecule has 0 saturated heterocycles. The number of rotatable bonds is 12. The number of amides is 2. The van der Waals surface area contributed by atoms with Crippen LogP contribution in [-0.4, -0.2) is 73.8 Å². The minimum Gasteiger partial charge on any atom is -0.345 e. The second-order valence-electron chi connectivity index (χ2n) is 7.88. The van der Waals surface area contributed by atoms with Gasteiger partial charge in [0, 0.05) is 27.2 Å². The quantitative estimate of drug-likeness (QED) is 0.548. The highest BCUT2D eigenvalue weighted by Gasteiger charge is 2.16. The summed E-state index contributed by atoms with van der Waals surface area (Å²) >= 11 is 0. The van der Waals surface area contributed by atoms with Crippen LogP contribution in [0, 0.1) is 11.8 Å². The molecule has 0 aromatic rings. The van der Waals surface area contributed by atoms with Crippen molar-refractivity contribution >= 4 is 11.8 Å². The highest BCUT2D eigenvalue weighted by Crippen LogP contribution is 2.05. The summed E-state index contributed by atoms with van der Waals surface area (Å²) in [5, 5.41) is 0. The molecule has 0 saturated carbocycles. The first-order valence-corrected chi connectivity index (χ1v) is 9.30. The van der Waals surface area contributed by atoms with Crippen LogP contribution in [0.3, 0.4) is 0 Å². The van der Waals surface area contributed by atoms with Crippen LogP contribution >= 0.6 is 0 Å². The Morgan fingerprint density at radius 1 is 0.708 bits per heavy atom. The topological polar surface area (TPSA) is 43.9 Å². The zero-order valence-corrected chi connectivity index (χ0v) is 17.0. The van der Waals surface area contributed by atoms with Crippen molar-refractivity contribution in [3.8, 4) is 0 Å². The lowest BCUT2D eigenvalue weighted by atomic mass is 10.1. The molecule has 2 amide bonds. The molecule has 0 aromatic carbocycles. The maximum absolute atomic E-state index is 12.2. The Bertz CT molecular complexity index is 336. The Morgan fingerprint density at radius 3 is 1.33 bits per heavy atom. The van der Waals surface area contributed by atoms with Gasteiger partial charge in [0.25, 0.3) is 0 Å². The molecule has 5 heteroatoms. The van der Waals surface area contributed by atoms with Crippen LogP contribution in [0.1, 0.15) is 53.4 Å². The van der Waals surface area contributed by atoms with Crippen LogP contribution in [-0.2, 0) is 9.59 Å². The van der Waals surface area contributed by atoms with E-state index in [2.05, 4.69) is 27.7 Å². The van der Waals surface area contributed by atoms with E-state index in [4.69, 9.17) is 0 Å². The fraction of sp³-hybridized carbons (Fsp3) is 0.895. The van der Waals surface area contributed by atoms with Crippen molar-refractivity contribution in [2.24, 2.45) is 11.8 Å². The average molecular weight is 342 g/mol. The smallest absolute Gasteiger partial charge is 0.236 e. The van der Waals surface area contributed by atoms with Gasteiger partial charge in [-0.2, -0.15) is 0 Å². The standard InChI is InChI=1S/C19H39N3O2/c1-16(2)10-8-12-21(6)18(23)14-20(5)15-19(24)22(7)13-9-11-17(3)4/h16-17H,8-15H2,1-7H3. The van der Waals surface area contributed by atoms with E-state index in [0.29, 0.717) is 24.9 Å². The molecule has 0 aliphatic rings. The highest BCUT2D eigenvalue weighted by molar-refractivity contribution is 5.81. The predicted molar refractivity (Wildman–Crippen MR) is 101 cm³/mol. The number of carbonyl (C=O) groups is 2. The first kappa shape index (κ1) is 22.9. The molecule has 0 fully saturated rings. The third-order valence-corrected chi connectivity index (χ3v) is 4.21. The first-order chi connectivity index (χ1) is 11.1. The summed E-state index contributed by atoms with van der Waals surface area (Å²) < 4.78 is 0. The second-order valence-corrected chi connectivity index (χ2v) is 7.88. The van der Waals surface area contributed by atoms with E-state index >= 15 is 0 Å². The van der Waals surface area contributed by atoms with Gasteiger partial charge in [-0.15, -0.1) is 0 Å². The van der Waals surface area contributed by atoms with E-state index < -0.39 is 0 Å². The monoisotopic (exact) mass is 341 g/mol. The lowest BCUT2D eigenvalue weighted by Crippen LogP contribution is -2.42. The molecule has 0 aliphatic carbocycles. The fourth-order valence-corrected chi connectivity index (χ4v) is 2.48. The molecule has 0 rings (SSSR count). The Morgan fingerprint density at radius 2 is 1.04 bits per heavy atom. The summed E-state index contributed by atoms with van der Waals surface area (Å²) in [4.78, 5) is 29.7. The molecule has 0 aromatic heterocycles. The van der Waals surface area contributed by atoms with Crippen LogP contribution in [0.4, 0.5) is 0 Å². The predicted octanol–water partition coefficient (Wildman–Crippen LogP) is 2.71. The molecule has 0 N–H and O–H groups in total. The van der Waals surface area contributed by atoms with Crippen molar-refractivity contribution in [1.82, 2.24) is 14.7 Å². The van der Waals surface area contributed by atoms with E-state index in [-0.39, 0.29) is 11.8 Å². The zero-order valence-electron chi connectivity index (χ0n) is 17.0. The van der Waals surface area contributed by atoms with Crippen molar-refractivity contribution < 1.29 is 9.59 Å². The van der Waals surface area contributed by atoms with E-state index in [9.17, 15) is 9.59 Å². The summed E-state index contributed by atoms with van der Waals surface area (Å²) in [6.45, 7) is 10.9. The molecule has 24 heavy (non-hydrogen) atoms. The molecule has 5 nitrogen and oxygen atoms in total. The highest BCUT2D eigenvalue weighted by atomic mass is 16.2. The van der Waals surface area contributed by atoms with Gasteiger partial charge in [-0.05, 0) is 44.6 Å². The zero-order chi connectivity index (χ0) is 18.7. The van der Waals surface area contributed by atoms with Gasteiger partial charge in [-0.3, -0.25) is 14.5 Å². The number of nitrogens with zero attached hydrogens (tertiary/aromatic N) is 3. The summed E-state index contributed by atoms with van der Waals surface area (Å²) in [5.41, 5.74) is 0. The van der Waals surface area contributed by atoms with E-state index in [1.807, 2.05) is 26.0 Å². The molecule has 0 aliphatic heterocycles. The minimum atomic E-state index is 0.0801. The SMILES string of the molecule is CC(C)CCCN(C)C(=O)CN(C)CC(=O)N(C)CCCC(C)C. The van der Waals surface area contributed by atoms with E-state index in [1.165, 1.54) is 0 Å². The molecular weight excluding hydrogens is 302 g/mol. The lowest BCUT2D eigenvalue weighted by Gasteiger charge is -2.24. The largest absolute Gasteiger partial charge is 0.345 e. The molecule has 0 heterocycles. The minimum absolute atomic E-state index is 0.0801. The summed E-state index contributed by atoms with van der Waals surface area (Å²) in [6, 6.07) is 0. The Balaban J connectivity index is 4.06. The molecular formula is C19H39N3O2. The second kappa shape index (κ2) is 12.3. The van der Waals surface area contributed by atoms with E-state index in [1.54, 1.807) is 9.80 Å². The van der Waals surface area contributed by atoms with Gasteiger partial charge in [0.1, 0.15) is 0 Å². The number of hydrogen-bond donors (Lipinski definition) is 0. The average Bonchev–Trinajstić information content (AvgIpc) is 2.45. The molecule has 0 spiro atoms. The molecule has 0 atom stereocenters. The first-order valence-electron chi connectivity index (χ1n) is 9.30. The van der Waals surface area contributed by atoms with Crippen molar-refractivity contribution in [1.29, 1.82) is 0 Å². The molecule has 0 bridgehead atoms. The summed E-state index contributed by atoms with van der Waals surface area (Å²) in [6.07, 6.45) is 4.32. The van der Waals surface area contributed by atoms with Gasteiger partial charge in [0.2, 0.25) is 11.8 Å². The van der Waals surface area contributed by atoms with Gasteiger partial charge in [0.05, 0.1) is 13.1 Å². The normalized spacial score (nSPS) is 11.4. The number of likely N-dealkylation sites (N-methyl/N-ethyl adjacent to an activating group) is 3. The number of hydrogen-bond acceptors (Lipinski definition) is 3.